The molecule has 0 radical (unpaired) electrons. The molecule has 1 atom stereocenters. The van der Waals surface area contributed by atoms with Crippen molar-refractivity contribution < 1.29 is 42.9 Å². The molecule has 1 unspecified atom stereocenters. The van der Waals surface area contributed by atoms with Gasteiger partial charge in [0.25, 0.3) is 0 Å². The molecule has 0 aliphatic rings. The third-order valence-corrected chi connectivity index (χ3v) is 6.64. The minimum Gasteiger partial charge on any atom is -0.506 e. The highest BCUT2D eigenvalue weighted by atomic mass is 31.1. The molecule has 0 aliphatic carbocycles. The van der Waals surface area contributed by atoms with Gasteiger partial charge in [-0.1, -0.05) is 18.4 Å². The van der Waals surface area contributed by atoms with Gasteiger partial charge in [-0.25, -0.2) is 0 Å². The average molecular weight is 593 g/mol. The molecule has 0 fully saturated rings. The zero-order valence-corrected chi connectivity index (χ0v) is 26.5. The molecule has 2 rings (SSSR count). The van der Waals surface area contributed by atoms with E-state index >= 15 is 0 Å². The maximum absolute atomic E-state index is 12.6. The zero-order valence-electron chi connectivity index (χ0n) is 25.7. The van der Waals surface area contributed by atoms with Gasteiger partial charge >= 0.3 is 26.0 Å². The summed E-state index contributed by atoms with van der Waals surface area (Å²) < 4.78 is 34.1. The fourth-order valence-corrected chi connectivity index (χ4v) is 4.25. The molecule has 1 aromatic carbocycles. The van der Waals surface area contributed by atoms with Crippen LogP contribution in [0.2, 0.25) is 0 Å². The highest BCUT2D eigenvalue weighted by Gasteiger charge is 2.48. The van der Waals surface area contributed by atoms with E-state index in [0.29, 0.717) is 12.1 Å². The monoisotopic (exact) mass is 592 g/mol. The number of esters is 2. The van der Waals surface area contributed by atoms with Crippen molar-refractivity contribution in [3.05, 3.63) is 52.3 Å². The zero-order chi connectivity index (χ0) is 31.3. The van der Waals surface area contributed by atoms with Crippen molar-refractivity contribution in [1.82, 2.24) is 4.98 Å². The Hall–Kier alpha value is -3.07. The molecule has 2 N–H and O–H groups in total. The summed E-state index contributed by atoms with van der Waals surface area (Å²) in [6.45, 7) is 16.4. The first kappa shape index (κ1) is 34.1. The molecule has 0 spiro atoms. The Balaban J connectivity index is 2.46. The van der Waals surface area contributed by atoms with E-state index in [1.54, 1.807) is 65.8 Å². The van der Waals surface area contributed by atoms with E-state index in [1.807, 2.05) is 27.7 Å². The van der Waals surface area contributed by atoms with Crippen LogP contribution in [0.1, 0.15) is 89.4 Å². The summed E-state index contributed by atoms with van der Waals surface area (Å²) >= 11 is 0. The molecular formula is C30H43NO9P+. The van der Waals surface area contributed by atoms with E-state index in [9.17, 15) is 24.2 Å². The standard InChI is InChI=1S/C30H42NO9P/c1-18(2)25-24(32)12-11-21(31-25)15-23-19(3)13-22(14-20(23)4)39-30(40-41(35)36,16-37-26(33)28(5,6)7)17-38-27(34)29(8,9)10/h11-14,18H,15-17H2,1-10H3,(H-,32,35,36)/p+1. The van der Waals surface area contributed by atoms with E-state index in [0.717, 1.165) is 22.4 Å². The SMILES string of the molecule is Cc1cc(OC(COC(=O)C(C)(C)C)(COC(=O)C(C)(C)C)O[P+](=O)O)cc(C)c1Cc1ccc(O)c(C(C)C)n1. The lowest BCUT2D eigenvalue weighted by molar-refractivity contribution is -0.206. The second kappa shape index (κ2) is 13.3. The van der Waals surface area contributed by atoms with Crippen LogP contribution in [0.3, 0.4) is 0 Å². The summed E-state index contributed by atoms with van der Waals surface area (Å²) in [5.41, 5.74) is 2.30. The van der Waals surface area contributed by atoms with E-state index in [-0.39, 0.29) is 17.4 Å². The van der Waals surface area contributed by atoms with Gasteiger partial charge in [-0.3, -0.25) is 14.6 Å². The minimum absolute atomic E-state index is 0.0545. The second-order valence-electron chi connectivity index (χ2n) is 12.6. The van der Waals surface area contributed by atoms with Crippen LogP contribution < -0.4 is 4.74 Å². The van der Waals surface area contributed by atoms with Crippen LogP contribution in [0.15, 0.2) is 24.3 Å². The average Bonchev–Trinajstić information content (AvgIpc) is 2.82. The molecule has 10 nitrogen and oxygen atoms in total. The van der Waals surface area contributed by atoms with E-state index < -0.39 is 50.0 Å². The molecule has 1 heterocycles. The summed E-state index contributed by atoms with van der Waals surface area (Å²) in [6.07, 6.45) is 0.495. The number of benzene rings is 1. The number of hydrogen-bond acceptors (Lipinski definition) is 9. The third kappa shape index (κ3) is 9.76. The molecule has 226 valence electrons. The fourth-order valence-electron chi connectivity index (χ4n) is 3.82. The molecule has 11 heteroatoms. The lowest BCUT2D eigenvalue weighted by Gasteiger charge is -2.30. The highest BCUT2D eigenvalue weighted by molar-refractivity contribution is 7.32. The van der Waals surface area contributed by atoms with Gasteiger partial charge in [-0.05, 0) is 102 Å². The van der Waals surface area contributed by atoms with Crippen LogP contribution >= 0.6 is 8.25 Å². The number of rotatable bonds is 11. The number of carbonyl (C=O) groups is 2. The van der Waals surface area contributed by atoms with Gasteiger partial charge in [-0.2, -0.15) is 0 Å². The van der Waals surface area contributed by atoms with Crippen LogP contribution in [0.4, 0.5) is 0 Å². The number of carbonyl (C=O) groups excluding carboxylic acids is 2. The van der Waals surface area contributed by atoms with Crippen molar-refractivity contribution >= 4 is 20.2 Å². The Morgan fingerprint density at radius 3 is 1.83 bits per heavy atom. The molecule has 41 heavy (non-hydrogen) atoms. The first-order valence-corrected chi connectivity index (χ1v) is 14.5. The van der Waals surface area contributed by atoms with Crippen LogP contribution in [0.25, 0.3) is 0 Å². The number of aromatic hydroxyl groups is 1. The molecule has 2 aromatic rings. The predicted molar refractivity (Wildman–Crippen MR) is 154 cm³/mol. The number of aryl methyl sites for hydroxylation is 2. The van der Waals surface area contributed by atoms with E-state index in [1.165, 1.54) is 0 Å². The minimum atomic E-state index is -3.26. The molecule has 0 saturated carbocycles. The maximum Gasteiger partial charge on any atom is 0.699 e. The van der Waals surface area contributed by atoms with Crippen molar-refractivity contribution in [2.75, 3.05) is 13.2 Å². The normalized spacial score (nSPS) is 12.7. The second-order valence-corrected chi connectivity index (χ2v) is 13.2. The Bertz CT molecular complexity index is 1220. The molecule has 1 aromatic heterocycles. The topological polar surface area (TPSA) is 141 Å². The summed E-state index contributed by atoms with van der Waals surface area (Å²) in [5, 5.41) is 10.1. The molecule has 0 bridgehead atoms. The first-order chi connectivity index (χ1) is 18.7. The Kier molecular flexibility index (Phi) is 11.1. The molecular weight excluding hydrogens is 549 g/mol. The van der Waals surface area contributed by atoms with Gasteiger partial charge in [-0.15, -0.1) is 4.89 Å². The van der Waals surface area contributed by atoms with Gasteiger partial charge < -0.3 is 19.3 Å². The Morgan fingerprint density at radius 2 is 1.41 bits per heavy atom. The third-order valence-electron chi connectivity index (χ3n) is 6.15. The number of hydrogen-bond donors (Lipinski definition) is 2. The smallest absolute Gasteiger partial charge is 0.506 e. The van der Waals surface area contributed by atoms with Crippen LogP contribution in [-0.4, -0.2) is 45.9 Å². The van der Waals surface area contributed by atoms with Crippen molar-refractivity contribution in [3.63, 3.8) is 0 Å². The van der Waals surface area contributed by atoms with Crippen molar-refractivity contribution in [2.45, 2.75) is 87.4 Å². The van der Waals surface area contributed by atoms with Crippen LogP contribution in [0.5, 0.6) is 11.5 Å². The van der Waals surface area contributed by atoms with Crippen molar-refractivity contribution in [2.24, 2.45) is 10.8 Å². The van der Waals surface area contributed by atoms with Gasteiger partial charge in [0.1, 0.15) is 11.5 Å². The maximum atomic E-state index is 12.6. The molecule has 0 saturated heterocycles. The van der Waals surface area contributed by atoms with Crippen LogP contribution in [-0.2, 0) is 34.6 Å². The number of pyridine rings is 1. The quantitative estimate of drug-likeness (QED) is 0.180. The van der Waals surface area contributed by atoms with Gasteiger partial charge in [0.15, 0.2) is 13.2 Å². The molecule has 0 aliphatic heterocycles. The summed E-state index contributed by atoms with van der Waals surface area (Å²) in [6, 6.07) is 6.84. The summed E-state index contributed by atoms with van der Waals surface area (Å²) in [7, 11) is -3.26. The Morgan fingerprint density at radius 1 is 0.927 bits per heavy atom. The first-order valence-electron chi connectivity index (χ1n) is 13.4. The van der Waals surface area contributed by atoms with Crippen molar-refractivity contribution in [1.29, 1.82) is 0 Å². The predicted octanol–water partition coefficient (Wildman–Crippen LogP) is 6.04. The number of aromatic nitrogens is 1. The highest BCUT2D eigenvalue weighted by Crippen LogP contribution is 2.34. The van der Waals surface area contributed by atoms with E-state index in [4.69, 9.17) is 18.7 Å². The van der Waals surface area contributed by atoms with Gasteiger partial charge in [0.2, 0.25) is 0 Å². The van der Waals surface area contributed by atoms with Gasteiger partial charge in [0.05, 0.1) is 16.5 Å². The van der Waals surface area contributed by atoms with E-state index in [2.05, 4.69) is 4.98 Å². The van der Waals surface area contributed by atoms with Crippen molar-refractivity contribution in [3.8, 4) is 11.5 Å². The summed E-state index contributed by atoms with van der Waals surface area (Å²) in [5.74, 6) is -2.85. The van der Waals surface area contributed by atoms with Crippen LogP contribution in [0, 0.1) is 24.7 Å². The number of nitrogens with zero attached hydrogens (tertiary/aromatic N) is 1. The molecule has 0 amide bonds. The number of ether oxygens (including phenoxy) is 3. The largest absolute Gasteiger partial charge is 0.699 e. The van der Waals surface area contributed by atoms with Gasteiger partial charge in [0, 0.05) is 16.7 Å². The fraction of sp³-hybridized carbons (Fsp3) is 0.567. The Labute approximate surface area is 243 Å². The summed E-state index contributed by atoms with van der Waals surface area (Å²) in [4.78, 5) is 39.5. The lowest BCUT2D eigenvalue weighted by atomic mass is 9.97. The lowest BCUT2D eigenvalue weighted by Crippen LogP contribution is -2.49.